The van der Waals surface area contributed by atoms with Gasteiger partial charge in [-0.2, -0.15) is 13.2 Å². The maximum absolute atomic E-state index is 12.7. The van der Waals surface area contributed by atoms with E-state index in [2.05, 4.69) is 10.6 Å². The van der Waals surface area contributed by atoms with Crippen LogP contribution in [0, 0.1) is 0 Å². The highest BCUT2D eigenvalue weighted by Crippen LogP contribution is 2.35. The molecule has 1 heterocycles. The van der Waals surface area contributed by atoms with Crippen LogP contribution in [0.2, 0.25) is 0 Å². The van der Waals surface area contributed by atoms with Crippen molar-refractivity contribution in [2.24, 2.45) is 0 Å². The second kappa shape index (κ2) is 4.27. The Labute approximate surface area is 96.0 Å². The minimum Gasteiger partial charge on any atom is -0.380 e. The van der Waals surface area contributed by atoms with Gasteiger partial charge in [0.15, 0.2) is 0 Å². The quantitative estimate of drug-likeness (QED) is 0.835. The van der Waals surface area contributed by atoms with Crippen molar-refractivity contribution in [2.45, 2.75) is 18.6 Å². The van der Waals surface area contributed by atoms with Gasteiger partial charge in [-0.1, -0.05) is 12.1 Å². The smallest absolute Gasteiger partial charge is 0.380 e. The first kappa shape index (κ1) is 11.8. The second-order valence-electron chi connectivity index (χ2n) is 3.89. The highest BCUT2D eigenvalue weighted by Gasteiger charge is 2.34. The largest absolute Gasteiger partial charge is 0.418 e. The van der Waals surface area contributed by atoms with Gasteiger partial charge in [-0.25, -0.2) is 0 Å². The van der Waals surface area contributed by atoms with Crippen LogP contribution < -0.4 is 10.6 Å². The summed E-state index contributed by atoms with van der Waals surface area (Å²) < 4.78 is 38.0. The number of anilines is 1. The van der Waals surface area contributed by atoms with E-state index in [1.807, 2.05) is 0 Å². The zero-order valence-corrected chi connectivity index (χ0v) is 8.84. The second-order valence-corrected chi connectivity index (χ2v) is 3.89. The van der Waals surface area contributed by atoms with Gasteiger partial charge in [0.05, 0.1) is 11.6 Å². The zero-order valence-electron chi connectivity index (χ0n) is 8.84. The lowest BCUT2D eigenvalue weighted by atomic mass is 10.1. The van der Waals surface area contributed by atoms with E-state index in [4.69, 9.17) is 0 Å². The molecule has 0 radical (unpaired) electrons. The third-order valence-electron chi connectivity index (χ3n) is 2.57. The fourth-order valence-electron chi connectivity index (χ4n) is 1.78. The predicted molar refractivity (Wildman–Crippen MR) is 56.5 cm³/mol. The molecule has 6 heteroatoms. The first-order valence-corrected chi connectivity index (χ1v) is 5.16. The molecule has 1 aromatic carbocycles. The minimum absolute atomic E-state index is 0.0153. The summed E-state index contributed by atoms with van der Waals surface area (Å²) in [4.78, 5) is 11.0. The molecule has 2 N–H and O–H groups in total. The minimum atomic E-state index is -4.39. The van der Waals surface area contributed by atoms with Gasteiger partial charge in [-0.15, -0.1) is 0 Å². The number of rotatable bonds is 2. The van der Waals surface area contributed by atoms with Gasteiger partial charge >= 0.3 is 6.18 Å². The third-order valence-corrected chi connectivity index (χ3v) is 2.57. The summed E-state index contributed by atoms with van der Waals surface area (Å²) in [6.07, 6.45) is -4.19. The normalized spacial score (nSPS) is 20.2. The monoisotopic (exact) mass is 244 g/mol. The predicted octanol–water partition coefficient (Wildman–Crippen LogP) is 2.01. The molecule has 1 aliphatic rings. The molecule has 0 saturated carbocycles. The molecule has 92 valence electrons. The zero-order chi connectivity index (χ0) is 12.5. The van der Waals surface area contributed by atoms with Crippen molar-refractivity contribution in [1.29, 1.82) is 0 Å². The van der Waals surface area contributed by atoms with Crippen LogP contribution in [0.15, 0.2) is 24.3 Å². The number of hydrogen-bond donors (Lipinski definition) is 2. The summed E-state index contributed by atoms with van der Waals surface area (Å²) in [5, 5.41) is 5.31. The van der Waals surface area contributed by atoms with E-state index in [0.717, 1.165) is 6.07 Å². The topological polar surface area (TPSA) is 41.1 Å². The van der Waals surface area contributed by atoms with E-state index in [0.29, 0.717) is 6.54 Å². The van der Waals surface area contributed by atoms with E-state index >= 15 is 0 Å². The van der Waals surface area contributed by atoms with Gasteiger partial charge in [0.25, 0.3) is 0 Å². The van der Waals surface area contributed by atoms with Crippen molar-refractivity contribution in [2.75, 3.05) is 11.9 Å². The van der Waals surface area contributed by atoms with Crippen LogP contribution in [-0.4, -0.2) is 18.5 Å². The highest BCUT2D eigenvalue weighted by molar-refractivity contribution is 5.79. The maximum Gasteiger partial charge on any atom is 0.418 e. The molecule has 0 aromatic heterocycles. The molecule has 1 fully saturated rings. The van der Waals surface area contributed by atoms with Crippen LogP contribution >= 0.6 is 0 Å². The van der Waals surface area contributed by atoms with Gasteiger partial charge in [-0.3, -0.25) is 4.79 Å². The molecule has 1 aliphatic heterocycles. The average Bonchev–Trinajstić information content (AvgIpc) is 2.63. The van der Waals surface area contributed by atoms with E-state index in [-0.39, 0.29) is 24.1 Å². The fourth-order valence-corrected chi connectivity index (χ4v) is 1.78. The van der Waals surface area contributed by atoms with E-state index in [1.54, 1.807) is 0 Å². The Balaban J connectivity index is 2.18. The van der Waals surface area contributed by atoms with Gasteiger partial charge in [-0.05, 0) is 12.1 Å². The van der Waals surface area contributed by atoms with Gasteiger partial charge in [0.1, 0.15) is 0 Å². The van der Waals surface area contributed by atoms with Gasteiger partial charge < -0.3 is 10.6 Å². The number of alkyl halides is 3. The number of amides is 1. The Morgan fingerprint density at radius 2 is 2.00 bits per heavy atom. The van der Waals surface area contributed by atoms with Gasteiger partial charge in [0, 0.05) is 18.7 Å². The summed E-state index contributed by atoms with van der Waals surface area (Å²) in [6, 6.07) is 4.97. The number of para-hydroxylation sites is 1. The molecule has 1 atom stereocenters. The SMILES string of the molecule is O=C1CC(Nc2ccccc2C(F)(F)F)CN1. The molecule has 1 aromatic rings. The molecule has 17 heavy (non-hydrogen) atoms. The molecule has 1 amide bonds. The standard InChI is InChI=1S/C11H11F3N2O/c12-11(13,14)8-3-1-2-4-9(8)16-7-5-10(17)15-6-7/h1-4,7,16H,5-6H2,(H,15,17). The van der Waals surface area contributed by atoms with E-state index < -0.39 is 11.7 Å². The van der Waals surface area contributed by atoms with Crippen molar-refractivity contribution < 1.29 is 18.0 Å². The maximum atomic E-state index is 12.7. The van der Waals surface area contributed by atoms with Crippen LogP contribution in [0.5, 0.6) is 0 Å². The first-order valence-electron chi connectivity index (χ1n) is 5.16. The summed E-state index contributed by atoms with van der Waals surface area (Å²) in [5.74, 6) is -0.146. The van der Waals surface area contributed by atoms with E-state index in [1.165, 1.54) is 18.2 Å². The van der Waals surface area contributed by atoms with Crippen molar-refractivity contribution in [3.63, 3.8) is 0 Å². The molecule has 2 rings (SSSR count). The average molecular weight is 244 g/mol. The number of benzene rings is 1. The number of halogens is 3. The molecule has 3 nitrogen and oxygen atoms in total. The Kier molecular flexibility index (Phi) is 2.95. The van der Waals surface area contributed by atoms with Crippen molar-refractivity contribution in [1.82, 2.24) is 5.32 Å². The number of hydrogen-bond acceptors (Lipinski definition) is 2. The van der Waals surface area contributed by atoms with Crippen LogP contribution in [-0.2, 0) is 11.0 Å². The third kappa shape index (κ3) is 2.69. The van der Waals surface area contributed by atoms with Crippen LogP contribution in [0.3, 0.4) is 0 Å². The van der Waals surface area contributed by atoms with Crippen LogP contribution in [0.1, 0.15) is 12.0 Å². The number of nitrogens with one attached hydrogen (secondary N) is 2. The van der Waals surface area contributed by atoms with Crippen molar-refractivity contribution in [3.05, 3.63) is 29.8 Å². The molecule has 0 aliphatic carbocycles. The Bertz CT molecular complexity index is 431. The number of carbonyl (C=O) groups excluding carboxylic acids is 1. The Morgan fingerprint density at radius 1 is 1.29 bits per heavy atom. The fraction of sp³-hybridized carbons (Fsp3) is 0.364. The molecule has 0 spiro atoms. The van der Waals surface area contributed by atoms with Gasteiger partial charge in [0.2, 0.25) is 5.91 Å². The van der Waals surface area contributed by atoms with E-state index in [9.17, 15) is 18.0 Å². The molecular formula is C11H11F3N2O. The molecular weight excluding hydrogens is 233 g/mol. The summed E-state index contributed by atoms with van der Waals surface area (Å²) in [5.41, 5.74) is -0.694. The van der Waals surface area contributed by atoms with Crippen molar-refractivity contribution in [3.8, 4) is 0 Å². The first-order chi connectivity index (χ1) is 7.97. The Morgan fingerprint density at radius 3 is 2.59 bits per heavy atom. The molecule has 0 bridgehead atoms. The number of carbonyl (C=O) groups is 1. The Hall–Kier alpha value is -1.72. The van der Waals surface area contributed by atoms with Crippen LogP contribution in [0.25, 0.3) is 0 Å². The summed E-state index contributed by atoms with van der Waals surface area (Å²) in [7, 11) is 0. The molecule has 1 unspecified atom stereocenters. The lowest BCUT2D eigenvalue weighted by Crippen LogP contribution is -2.24. The summed E-state index contributed by atoms with van der Waals surface area (Å²) in [6.45, 7) is 0.352. The van der Waals surface area contributed by atoms with Crippen LogP contribution in [0.4, 0.5) is 18.9 Å². The lowest BCUT2D eigenvalue weighted by Gasteiger charge is -2.17. The lowest BCUT2D eigenvalue weighted by molar-refractivity contribution is -0.137. The summed E-state index contributed by atoms with van der Waals surface area (Å²) >= 11 is 0. The molecule has 1 saturated heterocycles. The van der Waals surface area contributed by atoms with Crippen molar-refractivity contribution >= 4 is 11.6 Å². The highest BCUT2D eigenvalue weighted by atomic mass is 19.4.